The quantitative estimate of drug-likeness (QED) is 0.452. The van der Waals surface area contributed by atoms with Crippen molar-refractivity contribution < 1.29 is 8.81 Å². The van der Waals surface area contributed by atoms with Gasteiger partial charge in [0.05, 0.1) is 5.39 Å². The van der Waals surface area contributed by atoms with Crippen LogP contribution in [0.1, 0.15) is 34.2 Å². The maximum Gasteiger partial charge on any atom is 0.192 e. The fourth-order valence-corrected chi connectivity index (χ4v) is 3.46. The molecular weight excluding hydrogens is 439 g/mol. The molecule has 1 atom stereocenters. The molecule has 2 aromatic carbocycles. The average Bonchev–Trinajstić information content (AvgIpc) is 2.51. The summed E-state index contributed by atoms with van der Waals surface area (Å²) >= 11 is 6.97. The molecule has 0 aliphatic carbocycles. The van der Waals surface area contributed by atoms with Crippen molar-refractivity contribution in [1.82, 2.24) is 0 Å². The normalized spacial score (nSPS) is 12.5. The van der Waals surface area contributed by atoms with E-state index in [1.165, 1.54) is 18.2 Å². The van der Waals surface area contributed by atoms with Crippen molar-refractivity contribution in [2.45, 2.75) is 25.1 Å². The lowest BCUT2D eigenvalue weighted by Crippen LogP contribution is -2.05. The first-order chi connectivity index (χ1) is 11.3. The number of hydrogen-bond acceptors (Lipinski definition) is 2. The second-order valence-corrected chi connectivity index (χ2v) is 8.06. The van der Waals surface area contributed by atoms with Gasteiger partial charge in [-0.2, -0.15) is 0 Å². The highest BCUT2D eigenvalue weighted by Crippen LogP contribution is 2.31. The third kappa shape index (κ3) is 3.47. The summed E-state index contributed by atoms with van der Waals surface area (Å²) in [4.78, 5) is 12.6. The number of benzene rings is 2. The van der Waals surface area contributed by atoms with Gasteiger partial charge in [0.25, 0.3) is 0 Å². The predicted molar refractivity (Wildman–Crippen MR) is 101 cm³/mol. The molecule has 2 nitrogen and oxygen atoms in total. The van der Waals surface area contributed by atoms with E-state index in [2.05, 4.69) is 31.9 Å². The van der Waals surface area contributed by atoms with Crippen molar-refractivity contribution in [3.05, 3.63) is 79.4 Å². The molecule has 0 N–H and O–H groups in total. The van der Waals surface area contributed by atoms with E-state index in [4.69, 9.17) is 4.42 Å². The largest absolute Gasteiger partial charge is 0.460 e. The minimum atomic E-state index is -0.318. The highest BCUT2D eigenvalue weighted by Gasteiger charge is 2.14. The minimum absolute atomic E-state index is 0.0548. The molecule has 0 aliphatic heterocycles. The zero-order chi connectivity index (χ0) is 17.4. The van der Waals surface area contributed by atoms with Crippen LogP contribution in [-0.4, -0.2) is 0 Å². The lowest BCUT2D eigenvalue weighted by molar-refractivity contribution is 0.544. The van der Waals surface area contributed by atoms with E-state index in [0.717, 1.165) is 21.2 Å². The lowest BCUT2D eigenvalue weighted by atomic mass is 10.0. The van der Waals surface area contributed by atoms with E-state index in [0.29, 0.717) is 23.2 Å². The van der Waals surface area contributed by atoms with Gasteiger partial charge in [-0.3, -0.25) is 4.79 Å². The second-order valence-electron chi connectivity index (χ2n) is 5.84. The Balaban J connectivity index is 2.17. The molecule has 0 saturated carbocycles. The summed E-state index contributed by atoms with van der Waals surface area (Å²) in [6.45, 7) is 3.94. The van der Waals surface area contributed by atoms with Gasteiger partial charge in [-0.25, -0.2) is 4.39 Å². The van der Waals surface area contributed by atoms with Gasteiger partial charge in [0, 0.05) is 27.4 Å². The van der Waals surface area contributed by atoms with Crippen molar-refractivity contribution in [3.63, 3.8) is 0 Å². The summed E-state index contributed by atoms with van der Waals surface area (Å²) in [5, 5.41) is 0.568. The van der Waals surface area contributed by atoms with Crippen LogP contribution in [-0.2, 0) is 6.42 Å². The number of fused-ring (bicyclic) bond motifs is 1. The number of rotatable bonds is 3. The second kappa shape index (κ2) is 6.81. The van der Waals surface area contributed by atoms with Crippen molar-refractivity contribution in [2.75, 3.05) is 0 Å². The van der Waals surface area contributed by atoms with E-state index in [9.17, 15) is 9.18 Å². The molecule has 0 fully saturated rings. The third-order valence-corrected chi connectivity index (χ3v) is 5.12. The zero-order valence-corrected chi connectivity index (χ0v) is 16.4. The van der Waals surface area contributed by atoms with Gasteiger partial charge in [-0.05, 0) is 49.2 Å². The Hall–Kier alpha value is -1.46. The first kappa shape index (κ1) is 17.4. The Morgan fingerprint density at radius 2 is 1.96 bits per heavy atom. The highest BCUT2D eigenvalue weighted by molar-refractivity contribution is 9.10. The van der Waals surface area contributed by atoms with Crippen LogP contribution in [0, 0.1) is 12.7 Å². The van der Waals surface area contributed by atoms with Gasteiger partial charge in [-0.1, -0.05) is 37.9 Å². The van der Waals surface area contributed by atoms with Crippen LogP contribution in [0.4, 0.5) is 4.39 Å². The monoisotopic (exact) mass is 452 g/mol. The lowest BCUT2D eigenvalue weighted by Gasteiger charge is -2.11. The molecule has 1 aromatic heterocycles. The molecule has 3 rings (SSSR count). The van der Waals surface area contributed by atoms with Crippen molar-refractivity contribution >= 4 is 42.8 Å². The van der Waals surface area contributed by atoms with Gasteiger partial charge < -0.3 is 4.42 Å². The summed E-state index contributed by atoms with van der Waals surface area (Å²) in [5.41, 5.74) is 3.17. The number of alkyl halides is 1. The third-order valence-electron chi connectivity index (χ3n) is 3.85. The maximum absolute atomic E-state index is 13.5. The van der Waals surface area contributed by atoms with Crippen LogP contribution in [0.25, 0.3) is 11.0 Å². The summed E-state index contributed by atoms with van der Waals surface area (Å²) in [5.74, 6) is 0.193. The molecule has 0 amide bonds. The van der Waals surface area contributed by atoms with E-state index in [1.54, 1.807) is 6.07 Å². The summed E-state index contributed by atoms with van der Waals surface area (Å²) in [6, 6.07) is 9.81. The molecule has 0 radical (unpaired) electrons. The Kier molecular flexibility index (Phi) is 4.92. The molecule has 1 unspecified atom stereocenters. The van der Waals surface area contributed by atoms with E-state index in [-0.39, 0.29) is 16.1 Å². The molecule has 5 heteroatoms. The molecular formula is C19H15Br2FO2. The van der Waals surface area contributed by atoms with Crippen LogP contribution in [0.3, 0.4) is 0 Å². The van der Waals surface area contributed by atoms with Crippen LogP contribution >= 0.6 is 31.9 Å². The number of aryl methyl sites for hydroxylation is 1. The fraction of sp³-hybridized carbons (Fsp3) is 0.211. The summed E-state index contributed by atoms with van der Waals surface area (Å²) < 4.78 is 20.3. The smallest absolute Gasteiger partial charge is 0.192 e. The van der Waals surface area contributed by atoms with Crippen LogP contribution in [0.2, 0.25) is 0 Å². The standard InChI is InChI=1S/C19H15Br2FO2/c1-10-5-15(11(2)20)19-16(6-10)18(23)9-14(24-19)8-12-7-13(22)3-4-17(12)21/h3-7,9,11H,8H2,1-2H3. The summed E-state index contributed by atoms with van der Waals surface area (Å²) in [7, 11) is 0. The fourth-order valence-electron chi connectivity index (χ4n) is 2.73. The topological polar surface area (TPSA) is 30.2 Å². The molecule has 3 aromatic rings. The number of hydrogen-bond donors (Lipinski definition) is 0. The van der Waals surface area contributed by atoms with Crippen molar-refractivity contribution in [2.24, 2.45) is 0 Å². The molecule has 124 valence electrons. The molecule has 1 heterocycles. The van der Waals surface area contributed by atoms with Gasteiger partial charge >= 0.3 is 0 Å². The first-order valence-corrected chi connectivity index (χ1v) is 9.21. The highest BCUT2D eigenvalue weighted by atomic mass is 79.9. The number of halogens is 3. The van der Waals surface area contributed by atoms with Gasteiger partial charge in [0.2, 0.25) is 0 Å². The molecule has 24 heavy (non-hydrogen) atoms. The Labute approximate surface area is 155 Å². The summed E-state index contributed by atoms with van der Waals surface area (Å²) in [6.07, 6.45) is 0.341. The van der Waals surface area contributed by atoms with Crippen LogP contribution in [0.15, 0.2) is 50.1 Å². The van der Waals surface area contributed by atoms with Crippen LogP contribution < -0.4 is 5.43 Å². The Bertz CT molecular complexity index is 977. The Morgan fingerprint density at radius 3 is 2.67 bits per heavy atom. The van der Waals surface area contributed by atoms with Gasteiger partial charge in [-0.15, -0.1) is 0 Å². The Morgan fingerprint density at radius 1 is 1.21 bits per heavy atom. The molecule has 0 aliphatic rings. The van der Waals surface area contributed by atoms with E-state index in [1.807, 2.05) is 26.0 Å². The minimum Gasteiger partial charge on any atom is -0.460 e. The zero-order valence-electron chi connectivity index (χ0n) is 13.2. The SMILES string of the molecule is Cc1cc(C(C)Br)c2oc(Cc3cc(F)ccc3Br)cc(=O)c2c1. The van der Waals surface area contributed by atoms with Gasteiger partial charge in [0.1, 0.15) is 17.2 Å². The van der Waals surface area contributed by atoms with E-state index >= 15 is 0 Å². The van der Waals surface area contributed by atoms with Gasteiger partial charge in [0.15, 0.2) is 5.43 Å². The molecule has 0 bridgehead atoms. The van der Waals surface area contributed by atoms with Crippen molar-refractivity contribution in [3.8, 4) is 0 Å². The van der Waals surface area contributed by atoms with Crippen LogP contribution in [0.5, 0.6) is 0 Å². The maximum atomic E-state index is 13.5. The average molecular weight is 454 g/mol. The molecule has 0 saturated heterocycles. The predicted octanol–water partition coefficient (Wildman–Crippen LogP) is 6.05. The first-order valence-electron chi connectivity index (χ1n) is 7.50. The van der Waals surface area contributed by atoms with E-state index < -0.39 is 0 Å². The molecule has 0 spiro atoms. The van der Waals surface area contributed by atoms with Crippen molar-refractivity contribution in [1.29, 1.82) is 0 Å².